The van der Waals surface area contributed by atoms with E-state index in [0.29, 0.717) is 5.92 Å². The topological polar surface area (TPSA) is 58.2 Å². The zero-order chi connectivity index (χ0) is 15.8. The highest BCUT2D eigenvalue weighted by Crippen LogP contribution is 2.29. The van der Waals surface area contributed by atoms with Gasteiger partial charge in [-0.2, -0.15) is 0 Å². The normalized spacial score (nSPS) is 23.7. The van der Waals surface area contributed by atoms with Crippen LogP contribution < -0.4 is 10.6 Å². The number of carbonyl (C=O) groups excluding carboxylic acids is 2. The van der Waals surface area contributed by atoms with E-state index >= 15 is 0 Å². The van der Waals surface area contributed by atoms with Crippen LogP contribution in [0.3, 0.4) is 0 Å². The molecule has 1 unspecified atom stereocenters. The van der Waals surface area contributed by atoms with Crippen molar-refractivity contribution in [1.29, 1.82) is 0 Å². The van der Waals surface area contributed by atoms with Crippen LogP contribution in [0, 0.1) is 17.8 Å². The fourth-order valence-corrected chi connectivity index (χ4v) is 2.71. The van der Waals surface area contributed by atoms with Crippen LogP contribution in [0.1, 0.15) is 66.2 Å². The molecule has 0 spiro atoms. The van der Waals surface area contributed by atoms with Crippen molar-refractivity contribution in [3.8, 4) is 0 Å². The molecule has 2 N–H and O–H groups in total. The van der Waals surface area contributed by atoms with Crippen molar-refractivity contribution in [3.63, 3.8) is 0 Å². The molecule has 1 rings (SSSR count). The van der Waals surface area contributed by atoms with Gasteiger partial charge in [-0.3, -0.25) is 9.59 Å². The van der Waals surface area contributed by atoms with E-state index < -0.39 is 0 Å². The van der Waals surface area contributed by atoms with Gasteiger partial charge in [0, 0.05) is 24.4 Å². The molecule has 0 aromatic carbocycles. The Labute approximate surface area is 129 Å². The average Bonchev–Trinajstić information content (AvgIpc) is 2.46. The maximum Gasteiger partial charge on any atom is 0.223 e. The van der Waals surface area contributed by atoms with Gasteiger partial charge in [-0.05, 0) is 51.4 Å². The zero-order valence-electron chi connectivity index (χ0n) is 14.1. The van der Waals surface area contributed by atoms with Crippen LogP contribution in [0.5, 0.6) is 0 Å². The molecular formula is C17H32N2O2. The van der Waals surface area contributed by atoms with Crippen LogP contribution in [0.15, 0.2) is 0 Å². The van der Waals surface area contributed by atoms with Gasteiger partial charge in [-0.15, -0.1) is 0 Å². The smallest absolute Gasteiger partial charge is 0.223 e. The second kappa shape index (κ2) is 9.06. The molecule has 1 aliphatic rings. The van der Waals surface area contributed by atoms with Gasteiger partial charge in [0.25, 0.3) is 0 Å². The van der Waals surface area contributed by atoms with Crippen molar-refractivity contribution in [2.24, 2.45) is 17.8 Å². The van der Waals surface area contributed by atoms with Crippen LogP contribution in [0.25, 0.3) is 0 Å². The van der Waals surface area contributed by atoms with Crippen molar-refractivity contribution in [1.82, 2.24) is 10.6 Å². The lowest BCUT2D eigenvalue weighted by Gasteiger charge is -2.28. The Balaban J connectivity index is 2.28. The molecule has 1 fully saturated rings. The standard InChI is InChI=1S/C17H32N2O2/c1-5-13(4)19-17(21)15-8-6-14(7-9-15)16(20)18-11-10-12(2)3/h12-15H,5-11H2,1-4H3,(H,18,20)(H,19,21). The molecule has 21 heavy (non-hydrogen) atoms. The number of nitrogens with one attached hydrogen (secondary N) is 2. The van der Waals surface area contributed by atoms with E-state index in [0.717, 1.165) is 45.1 Å². The van der Waals surface area contributed by atoms with E-state index in [1.54, 1.807) is 0 Å². The molecule has 1 atom stereocenters. The molecule has 0 aliphatic heterocycles. The number of hydrogen-bond donors (Lipinski definition) is 2. The third-order valence-corrected chi connectivity index (χ3v) is 4.49. The molecule has 1 saturated carbocycles. The summed E-state index contributed by atoms with van der Waals surface area (Å²) in [7, 11) is 0. The maximum atomic E-state index is 12.1. The summed E-state index contributed by atoms with van der Waals surface area (Å²) in [4.78, 5) is 24.1. The van der Waals surface area contributed by atoms with Crippen molar-refractivity contribution in [2.75, 3.05) is 6.54 Å². The minimum Gasteiger partial charge on any atom is -0.356 e. The van der Waals surface area contributed by atoms with E-state index in [1.165, 1.54) is 0 Å². The molecular weight excluding hydrogens is 264 g/mol. The van der Waals surface area contributed by atoms with Crippen molar-refractivity contribution in [3.05, 3.63) is 0 Å². The summed E-state index contributed by atoms with van der Waals surface area (Å²) in [6.45, 7) is 9.19. The molecule has 2 amide bonds. The SMILES string of the molecule is CCC(C)NC(=O)C1CCC(C(=O)NCCC(C)C)CC1. The van der Waals surface area contributed by atoms with E-state index in [9.17, 15) is 9.59 Å². The Morgan fingerprint density at radius 1 is 1.00 bits per heavy atom. The summed E-state index contributed by atoms with van der Waals surface area (Å²) in [5, 5.41) is 6.08. The van der Waals surface area contributed by atoms with Gasteiger partial charge in [0.1, 0.15) is 0 Å². The van der Waals surface area contributed by atoms with Gasteiger partial charge in [0.2, 0.25) is 11.8 Å². The molecule has 0 radical (unpaired) electrons. The van der Waals surface area contributed by atoms with Gasteiger partial charge >= 0.3 is 0 Å². The molecule has 4 heteroatoms. The summed E-state index contributed by atoms with van der Waals surface area (Å²) in [5.74, 6) is 1.16. The largest absolute Gasteiger partial charge is 0.356 e. The van der Waals surface area contributed by atoms with E-state index in [1.807, 2.05) is 6.92 Å². The second-order valence-corrected chi connectivity index (χ2v) is 6.84. The van der Waals surface area contributed by atoms with Gasteiger partial charge in [0.05, 0.1) is 0 Å². The minimum atomic E-state index is 0.0960. The summed E-state index contributed by atoms with van der Waals surface area (Å²) in [6, 6.07) is 0.245. The van der Waals surface area contributed by atoms with E-state index in [-0.39, 0.29) is 29.7 Å². The number of amides is 2. The average molecular weight is 296 g/mol. The summed E-state index contributed by atoms with van der Waals surface area (Å²) >= 11 is 0. The van der Waals surface area contributed by atoms with Crippen LogP contribution in [0.2, 0.25) is 0 Å². The molecule has 1 aliphatic carbocycles. The molecule has 0 aromatic rings. The fraction of sp³-hybridized carbons (Fsp3) is 0.882. The lowest BCUT2D eigenvalue weighted by Crippen LogP contribution is -2.40. The Morgan fingerprint density at radius 2 is 1.52 bits per heavy atom. The molecule has 0 heterocycles. The predicted molar refractivity (Wildman–Crippen MR) is 85.8 cm³/mol. The second-order valence-electron chi connectivity index (χ2n) is 6.84. The van der Waals surface area contributed by atoms with Crippen molar-refractivity contribution in [2.45, 2.75) is 72.3 Å². The fourth-order valence-electron chi connectivity index (χ4n) is 2.71. The molecule has 0 aromatic heterocycles. The molecule has 4 nitrogen and oxygen atoms in total. The predicted octanol–water partition coefficient (Wildman–Crippen LogP) is 2.87. The highest BCUT2D eigenvalue weighted by molar-refractivity contribution is 5.81. The zero-order valence-corrected chi connectivity index (χ0v) is 14.1. The Hall–Kier alpha value is -1.06. The summed E-state index contributed by atoms with van der Waals surface area (Å²) in [5.41, 5.74) is 0. The third kappa shape index (κ3) is 6.49. The summed E-state index contributed by atoms with van der Waals surface area (Å²) < 4.78 is 0. The van der Waals surface area contributed by atoms with Crippen LogP contribution in [-0.4, -0.2) is 24.4 Å². The molecule has 122 valence electrons. The van der Waals surface area contributed by atoms with Gasteiger partial charge in [-0.1, -0.05) is 20.8 Å². The highest BCUT2D eigenvalue weighted by atomic mass is 16.2. The first kappa shape index (κ1) is 18.0. The van der Waals surface area contributed by atoms with Crippen LogP contribution in [-0.2, 0) is 9.59 Å². The first-order valence-corrected chi connectivity index (χ1v) is 8.52. The number of hydrogen-bond acceptors (Lipinski definition) is 2. The molecule has 0 bridgehead atoms. The van der Waals surface area contributed by atoms with Crippen LogP contribution >= 0.6 is 0 Å². The van der Waals surface area contributed by atoms with Crippen molar-refractivity contribution >= 4 is 11.8 Å². The first-order valence-electron chi connectivity index (χ1n) is 8.52. The van der Waals surface area contributed by atoms with Gasteiger partial charge < -0.3 is 10.6 Å². The van der Waals surface area contributed by atoms with Gasteiger partial charge in [0.15, 0.2) is 0 Å². The van der Waals surface area contributed by atoms with E-state index in [4.69, 9.17) is 0 Å². The van der Waals surface area contributed by atoms with Gasteiger partial charge in [-0.25, -0.2) is 0 Å². The lowest BCUT2D eigenvalue weighted by molar-refractivity contribution is -0.130. The Morgan fingerprint density at radius 3 is 2.00 bits per heavy atom. The van der Waals surface area contributed by atoms with Crippen molar-refractivity contribution < 1.29 is 9.59 Å². The quantitative estimate of drug-likeness (QED) is 0.759. The summed E-state index contributed by atoms with van der Waals surface area (Å²) in [6.07, 6.45) is 5.34. The first-order chi connectivity index (χ1) is 9.93. The highest BCUT2D eigenvalue weighted by Gasteiger charge is 2.30. The number of carbonyl (C=O) groups is 2. The Bertz CT molecular complexity index is 334. The third-order valence-electron chi connectivity index (χ3n) is 4.49. The van der Waals surface area contributed by atoms with E-state index in [2.05, 4.69) is 31.4 Å². The lowest BCUT2D eigenvalue weighted by atomic mass is 9.81. The number of rotatable bonds is 7. The van der Waals surface area contributed by atoms with Crippen LogP contribution in [0.4, 0.5) is 0 Å². The maximum absolute atomic E-state index is 12.1. The molecule has 0 saturated heterocycles. The Kier molecular flexibility index (Phi) is 7.76. The minimum absolute atomic E-state index is 0.0960. The monoisotopic (exact) mass is 296 g/mol.